The highest BCUT2D eigenvalue weighted by Crippen LogP contribution is 2.08. The van der Waals surface area contributed by atoms with Crippen LogP contribution in [0.4, 0.5) is 0 Å². The second-order valence-corrected chi connectivity index (χ2v) is 3.57. The lowest BCUT2D eigenvalue weighted by molar-refractivity contribution is 0.782. The first-order valence-corrected chi connectivity index (χ1v) is 4.70. The van der Waals surface area contributed by atoms with Gasteiger partial charge in [0.25, 0.3) is 0 Å². The van der Waals surface area contributed by atoms with Gasteiger partial charge in [-0.05, 0) is 24.8 Å². The van der Waals surface area contributed by atoms with Gasteiger partial charge in [-0.3, -0.25) is 0 Å². The normalized spacial score (nSPS) is 13.5. The van der Waals surface area contributed by atoms with E-state index in [2.05, 4.69) is 43.1 Å². The fraction of sp³-hybridized carbons (Fsp3) is 0.417. The first-order valence-electron chi connectivity index (χ1n) is 4.70. The average Bonchev–Trinajstić information content (AvgIpc) is 2.09. The summed E-state index contributed by atoms with van der Waals surface area (Å²) in [5.74, 6) is 0.535. The molecular formula is C12H17N. The minimum atomic E-state index is 0.535. The summed E-state index contributed by atoms with van der Waals surface area (Å²) >= 11 is 0. The topological polar surface area (TPSA) is 12.4 Å². The van der Waals surface area contributed by atoms with Gasteiger partial charge < -0.3 is 4.99 Å². The molecule has 13 heavy (non-hydrogen) atoms. The van der Waals surface area contributed by atoms with Gasteiger partial charge in [-0.2, -0.15) is 0 Å². The van der Waals surface area contributed by atoms with Crippen molar-refractivity contribution >= 4 is 6.21 Å². The van der Waals surface area contributed by atoms with Crippen LogP contribution in [-0.4, -0.2) is 13.3 Å². The molecule has 1 atom stereocenters. The zero-order valence-electron chi connectivity index (χ0n) is 8.62. The Balaban J connectivity index is 2.59. The monoisotopic (exact) mass is 175 g/mol. The third-order valence-corrected chi connectivity index (χ3v) is 2.08. The molecule has 0 aliphatic carbocycles. The molecule has 1 rings (SSSR count). The molecule has 1 aromatic carbocycles. The summed E-state index contributed by atoms with van der Waals surface area (Å²) in [5, 5.41) is 0. The van der Waals surface area contributed by atoms with Crippen LogP contribution >= 0.6 is 0 Å². The predicted molar refractivity (Wildman–Crippen MR) is 58.5 cm³/mol. The maximum absolute atomic E-state index is 4.02. The molecule has 1 unspecified atom stereocenters. The van der Waals surface area contributed by atoms with Gasteiger partial charge in [0.1, 0.15) is 0 Å². The highest BCUT2D eigenvalue weighted by Gasteiger charge is 1.99. The van der Waals surface area contributed by atoms with E-state index in [1.807, 2.05) is 13.3 Å². The molecule has 0 saturated heterocycles. The van der Waals surface area contributed by atoms with Crippen molar-refractivity contribution in [2.24, 2.45) is 10.9 Å². The van der Waals surface area contributed by atoms with Gasteiger partial charge in [-0.15, -0.1) is 0 Å². The third kappa shape index (κ3) is 3.41. The smallest absolute Gasteiger partial charge is 0.0273 e. The van der Waals surface area contributed by atoms with Gasteiger partial charge in [0, 0.05) is 13.3 Å². The van der Waals surface area contributed by atoms with Gasteiger partial charge in [-0.25, -0.2) is 0 Å². The Hall–Kier alpha value is -1.11. The molecule has 0 amide bonds. The Morgan fingerprint density at radius 1 is 1.31 bits per heavy atom. The Kier molecular flexibility index (Phi) is 3.69. The summed E-state index contributed by atoms with van der Waals surface area (Å²) < 4.78 is 0. The van der Waals surface area contributed by atoms with Gasteiger partial charge >= 0.3 is 0 Å². The van der Waals surface area contributed by atoms with Crippen molar-refractivity contribution in [1.29, 1.82) is 0 Å². The van der Waals surface area contributed by atoms with Gasteiger partial charge in [0.15, 0.2) is 0 Å². The van der Waals surface area contributed by atoms with E-state index in [0.29, 0.717) is 5.92 Å². The van der Waals surface area contributed by atoms with E-state index in [4.69, 9.17) is 0 Å². The standard InChI is InChI=1S/C12H17N/c1-10-4-6-12(7-5-10)8-11(2)9-13-3/h4-7,9,11H,8H2,1-3H3. The molecule has 0 N–H and O–H groups in total. The summed E-state index contributed by atoms with van der Waals surface area (Å²) in [4.78, 5) is 4.02. The molecule has 1 nitrogen and oxygen atoms in total. The largest absolute Gasteiger partial charge is 0.301 e. The number of hydrogen-bond acceptors (Lipinski definition) is 1. The van der Waals surface area contributed by atoms with Crippen molar-refractivity contribution in [3.8, 4) is 0 Å². The van der Waals surface area contributed by atoms with Crippen LogP contribution in [0.5, 0.6) is 0 Å². The fourth-order valence-electron chi connectivity index (χ4n) is 1.40. The van der Waals surface area contributed by atoms with Gasteiger partial charge in [0.05, 0.1) is 0 Å². The van der Waals surface area contributed by atoms with Crippen LogP contribution in [0.25, 0.3) is 0 Å². The highest BCUT2D eigenvalue weighted by molar-refractivity contribution is 5.60. The van der Waals surface area contributed by atoms with E-state index >= 15 is 0 Å². The second-order valence-electron chi connectivity index (χ2n) is 3.57. The molecule has 0 heterocycles. The second kappa shape index (κ2) is 4.80. The molecule has 0 aromatic heterocycles. The van der Waals surface area contributed by atoms with E-state index in [1.54, 1.807) is 0 Å². The molecular weight excluding hydrogens is 158 g/mol. The summed E-state index contributed by atoms with van der Waals surface area (Å²) in [6, 6.07) is 8.70. The predicted octanol–water partition coefficient (Wildman–Crippen LogP) is 2.87. The molecule has 0 bridgehead atoms. The lowest BCUT2D eigenvalue weighted by atomic mass is 10.0. The first-order chi connectivity index (χ1) is 6.22. The molecule has 0 saturated carbocycles. The zero-order valence-corrected chi connectivity index (χ0v) is 8.62. The van der Waals surface area contributed by atoms with Crippen LogP contribution in [0, 0.1) is 12.8 Å². The number of aryl methyl sites for hydroxylation is 1. The third-order valence-electron chi connectivity index (χ3n) is 2.08. The van der Waals surface area contributed by atoms with Crippen molar-refractivity contribution in [3.63, 3.8) is 0 Å². The van der Waals surface area contributed by atoms with Gasteiger partial charge in [0.2, 0.25) is 0 Å². The minimum Gasteiger partial charge on any atom is -0.301 e. The SMILES string of the molecule is CN=CC(C)Cc1ccc(C)cc1. The van der Waals surface area contributed by atoms with Crippen molar-refractivity contribution in [3.05, 3.63) is 35.4 Å². The summed E-state index contributed by atoms with van der Waals surface area (Å²) in [7, 11) is 1.83. The molecule has 0 spiro atoms. The Bertz CT molecular complexity index is 272. The summed E-state index contributed by atoms with van der Waals surface area (Å²) in [6.45, 7) is 4.30. The first kappa shape index (κ1) is 9.97. The van der Waals surface area contributed by atoms with Crippen molar-refractivity contribution in [2.45, 2.75) is 20.3 Å². The number of aliphatic imine (C=N–C) groups is 1. The molecule has 1 heteroatoms. The molecule has 0 fully saturated rings. The number of benzene rings is 1. The lowest BCUT2D eigenvalue weighted by Gasteiger charge is -2.05. The van der Waals surface area contributed by atoms with E-state index in [0.717, 1.165) is 6.42 Å². The van der Waals surface area contributed by atoms with Crippen molar-refractivity contribution in [2.75, 3.05) is 7.05 Å². The Labute approximate surface area is 80.5 Å². The number of nitrogens with zero attached hydrogens (tertiary/aromatic N) is 1. The zero-order chi connectivity index (χ0) is 9.68. The Morgan fingerprint density at radius 3 is 2.46 bits per heavy atom. The van der Waals surface area contributed by atoms with Crippen LogP contribution in [-0.2, 0) is 6.42 Å². The fourth-order valence-corrected chi connectivity index (χ4v) is 1.40. The molecule has 0 aliphatic rings. The van der Waals surface area contributed by atoms with Crippen LogP contribution in [0.15, 0.2) is 29.3 Å². The molecule has 70 valence electrons. The maximum Gasteiger partial charge on any atom is 0.0273 e. The average molecular weight is 175 g/mol. The van der Waals surface area contributed by atoms with Crippen LogP contribution in [0.3, 0.4) is 0 Å². The highest BCUT2D eigenvalue weighted by atomic mass is 14.6. The summed E-state index contributed by atoms with van der Waals surface area (Å²) in [6.07, 6.45) is 3.08. The van der Waals surface area contributed by atoms with Crippen molar-refractivity contribution in [1.82, 2.24) is 0 Å². The van der Waals surface area contributed by atoms with E-state index in [9.17, 15) is 0 Å². The minimum absolute atomic E-state index is 0.535. The quantitative estimate of drug-likeness (QED) is 0.626. The molecule has 0 radical (unpaired) electrons. The maximum atomic E-state index is 4.02. The van der Waals surface area contributed by atoms with E-state index in [1.165, 1.54) is 11.1 Å². The Morgan fingerprint density at radius 2 is 1.92 bits per heavy atom. The molecule has 0 aliphatic heterocycles. The van der Waals surface area contributed by atoms with Crippen molar-refractivity contribution < 1.29 is 0 Å². The summed E-state index contributed by atoms with van der Waals surface area (Å²) in [5.41, 5.74) is 2.71. The lowest BCUT2D eigenvalue weighted by Crippen LogP contribution is -2.00. The van der Waals surface area contributed by atoms with E-state index < -0.39 is 0 Å². The number of hydrogen-bond donors (Lipinski definition) is 0. The van der Waals surface area contributed by atoms with Crippen LogP contribution in [0.2, 0.25) is 0 Å². The van der Waals surface area contributed by atoms with E-state index in [-0.39, 0.29) is 0 Å². The van der Waals surface area contributed by atoms with Crippen LogP contribution < -0.4 is 0 Å². The number of rotatable bonds is 3. The van der Waals surface area contributed by atoms with Gasteiger partial charge in [-0.1, -0.05) is 36.8 Å². The molecule has 1 aromatic rings. The van der Waals surface area contributed by atoms with Crippen LogP contribution in [0.1, 0.15) is 18.1 Å².